The molecule has 7 heteroatoms. The quantitative estimate of drug-likeness (QED) is 0.814. The van der Waals surface area contributed by atoms with Gasteiger partial charge in [0.15, 0.2) is 0 Å². The van der Waals surface area contributed by atoms with E-state index in [1.54, 1.807) is 6.07 Å². The highest BCUT2D eigenvalue weighted by Gasteiger charge is 2.34. The van der Waals surface area contributed by atoms with Crippen molar-refractivity contribution < 1.29 is 19.0 Å². The topological polar surface area (TPSA) is 61.8 Å². The fourth-order valence-electron chi connectivity index (χ4n) is 3.79. The number of carbonyl (C=O) groups excluding carboxylic acids is 1. The molecule has 0 radical (unpaired) electrons. The van der Waals surface area contributed by atoms with Gasteiger partial charge >= 0.3 is 0 Å². The first-order chi connectivity index (χ1) is 13.5. The van der Waals surface area contributed by atoms with E-state index in [2.05, 4.69) is 10.2 Å². The van der Waals surface area contributed by atoms with Crippen LogP contribution in [-0.4, -0.2) is 36.3 Å². The summed E-state index contributed by atoms with van der Waals surface area (Å²) in [4.78, 5) is 13.7. The van der Waals surface area contributed by atoms with Gasteiger partial charge in [0.1, 0.15) is 23.8 Å². The SMILES string of the molecule is O=C1CCc2c(OCC3(O)CCN(c4ccccc4Cl)CC3)ccc(F)c2N1. The first kappa shape index (κ1) is 19.0. The van der Waals surface area contributed by atoms with Gasteiger partial charge < -0.3 is 20.1 Å². The largest absolute Gasteiger partial charge is 0.490 e. The molecular weight excluding hydrogens is 383 g/mol. The van der Waals surface area contributed by atoms with Crippen molar-refractivity contribution in [3.8, 4) is 5.75 Å². The second-order valence-electron chi connectivity index (χ2n) is 7.40. The maximum Gasteiger partial charge on any atom is 0.224 e. The molecule has 2 heterocycles. The molecular formula is C21H22ClFN2O3. The number of amides is 1. The lowest BCUT2D eigenvalue weighted by atomic mass is 9.92. The van der Waals surface area contributed by atoms with Gasteiger partial charge in [-0.3, -0.25) is 4.79 Å². The number of halogens is 2. The summed E-state index contributed by atoms with van der Waals surface area (Å²) in [6.45, 7) is 1.46. The van der Waals surface area contributed by atoms with Crippen LogP contribution in [0.1, 0.15) is 24.8 Å². The zero-order valence-electron chi connectivity index (χ0n) is 15.4. The summed E-state index contributed by atoms with van der Waals surface area (Å²) >= 11 is 6.27. The van der Waals surface area contributed by atoms with E-state index in [-0.39, 0.29) is 18.2 Å². The number of benzene rings is 2. The van der Waals surface area contributed by atoms with Crippen LogP contribution in [0.25, 0.3) is 0 Å². The standard InChI is InChI=1S/C21H22ClFN2O3/c22-15-3-1-2-4-17(15)25-11-9-21(27,10-12-25)13-28-18-7-6-16(23)20-14(18)5-8-19(26)24-20/h1-4,6-7,27H,5,8-13H2,(H,24,26). The Morgan fingerprint density at radius 3 is 2.68 bits per heavy atom. The lowest BCUT2D eigenvalue weighted by Crippen LogP contribution is -2.48. The number of aliphatic hydroxyl groups is 1. The highest BCUT2D eigenvalue weighted by atomic mass is 35.5. The van der Waals surface area contributed by atoms with Gasteiger partial charge in [0, 0.05) is 25.1 Å². The minimum Gasteiger partial charge on any atom is -0.490 e. The number of ether oxygens (including phenoxy) is 1. The zero-order valence-corrected chi connectivity index (χ0v) is 16.1. The van der Waals surface area contributed by atoms with Gasteiger partial charge in [0.25, 0.3) is 0 Å². The molecule has 2 aliphatic rings. The van der Waals surface area contributed by atoms with Crippen molar-refractivity contribution in [2.75, 3.05) is 29.9 Å². The highest BCUT2D eigenvalue weighted by Crippen LogP contribution is 2.35. The van der Waals surface area contributed by atoms with Crippen molar-refractivity contribution in [2.24, 2.45) is 0 Å². The third kappa shape index (κ3) is 3.80. The van der Waals surface area contributed by atoms with Crippen molar-refractivity contribution in [3.63, 3.8) is 0 Å². The lowest BCUT2D eigenvalue weighted by Gasteiger charge is -2.39. The number of hydrogen-bond donors (Lipinski definition) is 2. The van der Waals surface area contributed by atoms with Gasteiger partial charge in [-0.25, -0.2) is 4.39 Å². The summed E-state index contributed by atoms with van der Waals surface area (Å²) in [6, 6.07) is 10.5. The van der Waals surface area contributed by atoms with E-state index in [9.17, 15) is 14.3 Å². The number of carbonyl (C=O) groups is 1. The summed E-state index contributed by atoms with van der Waals surface area (Å²) in [5, 5.41) is 14.2. The minimum atomic E-state index is -0.961. The fourth-order valence-corrected chi connectivity index (χ4v) is 4.04. The van der Waals surface area contributed by atoms with E-state index >= 15 is 0 Å². The molecule has 148 valence electrons. The smallest absolute Gasteiger partial charge is 0.224 e. The van der Waals surface area contributed by atoms with E-state index in [0.29, 0.717) is 55.1 Å². The van der Waals surface area contributed by atoms with E-state index in [1.165, 1.54) is 6.07 Å². The van der Waals surface area contributed by atoms with E-state index in [0.717, 1.165) is 5.69 Å². The van der Waals surface area contributed by atoms with Gasteiger partial charge in [0.05, 0.1) is 16.4 Å². The minimum absolute atomic E-state index is 0.120. The van der Waals surface area contributed by atoms with Crippen LogP contribution in [0.15, 0.2) is 36.4 Å². The Labute approximate surface area is 168 Å². The van der Waals surface area contributed by atoms with Crippen molar-refractivity contribution in [2.45, 2.75) is 31.3 Å². The first-order valence-electron chi connectivity index (χ1n) is 9.41. The number of piperidine rings is 1. The molecule has 0 spiro atoms. The fraction of sp³-hybridized carbons (Fsp3) is 0.381. The molecule has 0 bridgehead atoms. The number of para-hydroxylation sites is 1. The van der Waals surface area contributed by atoms with Crippen LogP contribution in [0.3, 0.4) is 0 Å². The molecule has 2 aliphatic heterocycles. The molecule has 1 saturated heterocycles. The number of hydrogen-bond acceptors (Lipinski definition) is 4. The molecule has 0 aromatic heterocycles. The highest BCUT2D eigenvalue weighted by molar-refractivity contribution is 6.33. The zero-order chi connectivity index (χ0) is 19.7. The lowest BCUT2D eigenvalue weighted by molar-refractivity contribution is -0.116. The number of nitrogens with zero attached hydrogens (tertiary/aromatic N) is 1. The van der Waals surface area contributed by atoms with E-state index in [1.807, 2.05) is 24.3 Å². The van der Waals surface area contributed by atoms with Crippen molar-refractivity contribution in [3.05, 3.63) is 52.8 Å². The normalized spacial score (nSPS) is 18.4. The molecule has 4 rings (SSSR count). The first-order valence-corrected chi connectivity index (χ1v) is 9.79. The Balaban J connectivity index is 1.42. The molecule has 0 saturated carbocycles. The van der Waals surface area contributed by atoms with Crippen molar-refractivity contribution in [1.82, 2.24) is 0 Å². The van der Waals surface area contributed by atoms with Crippen LogP contribution < -0.4 is 15.0 Å². The molecule has 0 aliphatic carbocycles. The Hall–Kier alpha value is -2.31. The van der Waals surface area contributed by atoms with E-state index < -0.39 is 11.4 Å². The van der Waals surface area contributed by atoms with Gasteiger partial charge in [-0.15, -0.1) is 0 Å². The molecule has 1 amide bonds. The van der Waals surface area contributed by atoms with Crippen LogP contribution in [0.2, 0.25) is 5.02 Å². The molecule has 0 atom stereocenters. The summed E-state index contributed by atoms with van der Waals surface area (Å²) in [5.41, 5.74) is 0.846. The second-order valence-corrected chi connectivity index (χ2v) is 7.81. The van der Waals surface area contributed by atoms with Crippen molar-refractivity contribution in [1.29, 1.82) is 0 Å². The average Bonchev–Trinajstić information content (AvgIpc) is 2.69. The Morgan fingerprint density at radius 1 is 1.18 bits per heavy atom. The summed E-state index contributed by atoms with van der Waals surface area (Å²) in [5.74, 6) is -0.158. The number of nitrogens with one attached hydrogen (secondary N) is 1. The molecule has 5 nitrogen and oxygen atoms in total. The predicted molar refractivity (Wildman–Crippen MR) is 107 cm³/mol. The predicted octanol–water partition coefficient (Wildman–Crippen LogP) is 3.77. The van der Waals surface area contributed by atoms with Gasteiger partial charge in [-0.05, 0) is 43.5 Å². The van der Waals surface area contributed by atoms with Gasteiger partial charge in [0.2, 0.25) is 5.91 Å². The summed E-state index contributed by atoms with van der Waals surface area (Å²) in [6.07, 6.45) is 1.80. The third-order valence-corrected chi connectivity index (χ3v) is 5.79. The second kappa shape index (κ2) is 7.60. The molecule has 0 unspecified atom stereocenters. The maximum atomic E-state index is 14.0. The van der Waals surface area contributed by atoms with E-state index in [4.69, 9.17) is 16.3 Å². The van der Waals surface area contributed by atoms with Crippen LogP contribution in [-0.2, 0) is 11.2 Å². The monoisotopic (exact) mass is 404 g/mol. The molecule has 2 aromatic rings. The average molecular weight is 405 g/mol. The Bertz CT molecular complexity index is 897. The maximum absolute atomic E-state index is 14.0. The van der Waals surface area contributed by atoms with Gasteiger partial charge in [-0.1, -0.05) is 23.7 Å². The van der Waals surface area contributed by atoms with Gasteiger partial charge in [-0.2, -0.15) is 0 Å². The van der Waals surface area contributed by atoms with Crippen LogP contribution in [0, 0.1) is 5.82 Å². The van der Waals surface area contributed by atoms with Crippen LogP contribution >= 0.6 is 11.6 Å². The van der Waals surface area contributed by atoms with Crippen LogP contribution in [0.4, 0.5) is 15.8 Å². The molecule has 1 fully saturated rings. The molecule has 28 heavy (non-hydrogen) atoms. The third-order valence-electron chi connectivity index (χ3n) is 5.47. The molecule has 2 aromatic carbocycles. The number of anilines is 2. The molecule has 2 N–H and O–H groups in total. The Morgan fingerprint density at radius 2 is 1.93 bits per heavy atom. The van der Waals surface area contributed by atoms with Crippen molar-refractivity contribution >= 4 is 28.9 Å². The summed E-state index contributed by atoms with van der Waals surface area (Å²) < 4.78 is 19.9. The number of rotatable bonds is 4. The Kier molecular flexibility index (Phi) is 5.17. The number of fused-ring (bicyclic) bond motifs is 1. The summed E-state index contributed by atoms with van der Waals surface area (Å²) in [7, 11) is 0. The van der Waals surface area contributed by atoms with Crippen LogP contribution in [0.5, 0.6) is 5.75 Å².